The van der Waals surface area contributed by atoms with Crippen LogP contribution in [-0.2, 0) is 0 Å². The summed E-state index contributed by atoms with van der Waals surface area (Å²) < 4.78 is 3.99. The Balaban J connectivity index is 1.57. The zero-order valence-electron chi connectivity index (χ0n) is 18.8. The van der Waals surface area contributed by atoms with Crippen LogP contribution in [-0.4, -0.2) is 19.3 Å². The van der Waals surface area contributed by atoms with Crippen LogP contribution in [0.15, 0.2) is 114 Å². The Hall–Kier alpha value is -4.75. The molecular formula is C28H18ClN5O2. The van der Waals surface area contributed by atoms with E-state index in [1.807, 2.05) is 54.6 Å². The zero-order valence-corrected chi connectivity index (χ0v) is 19.6. The molecule has 0 amide bonds. The predicted molar refractivity (Wildman–Crippen MR) is 139 cm³/mol. The summed E-state index contributed by atoms with van der Waals surface area (Å²) in [6, 6.07) is 27.9. The lowest BCUT2D eigenvalue weighted by Gasteiger charge is -2.14. The molecule has 36 heavy (non-hydrogen) atoms. The number of nitrogens with zero attached hydrogens (tertiary/aromatic N) is 5. The van der Waals surface area contributed by atoms with Gasteiger partial charge in [0.2, 0.25) is 0 Å². The van der Waals surface area contributed by atoms with Gasteiger partial charge < -0.3 is 5.21 Å². The van der Waals surface area contributed by atoms with Crippen LogP contribution < -0.4 is 10.3 Å². The average molecular weight is 492 g/mol. The second-order valence-electron chi connectivity index (χ2n) is 8.21. The largest absolute Gasteiger partial charge is 0.619 e. The quantitative estimate of drug-likeness (QED) is 0.251. The van der Waals surface area contributed by atoms with Crippen molar-refractivity contribution in [3.63, 3.8) is 0 Å². The summed E-state index contributed by atoms with van der Waals surface area (Å²) in [5.41, 5.74) is 4.30. The van der Waals surface area contributed by atoms with Gasteiger partial charge in [-0.3, -0.25) is 9.36 Å². The number of aromatic nitrogens is 5. The van der Waals surface area contributed by atoms with Gasteiger partial charge in [0, 0.05) is 22.7 Å². The van der Waals surface area contributed by atoms with Crippen molar-refractivity contribution in [1.82, 2.24) is 19.3 Å². The van der Waals surface area contributed by atoms with Crippen LogP contribution >= 0.6 is 11.6 Å². The molecule has 0 unspecified atom stereocenters. The first-order valence-electron chi connectivity index (χ1n) is 11.2. The Morgan fingerprint density at radius 2 is 1.39 bits per heavy atom. The summed E-state index contributed by atoms with van der Waals surface area (Å²) in [4.78, 5) is 18.7. The van der Waals surface area contributed by atoms with Crippen LogP contribution in [0.1, 0.15) is 0 Å². The molecule has 0 atom stereocenters. The van der Waals surface area contributed by atoms with E-state index in [1.165, 1.54) is 12.4 Å². The zero-order chi connectivity index (χ0) is 24.6. The third-order valence-corrected chi connectivity index (χ3v) is 6.22. The van der Waals surface area contributed by atoms with Crippen molar-refractivity contribution >= 4 is 22.6 Å². The fourth-order valence-electron chi connectivity index (χ4n) is 4.17. The number of halogens is 1. The van der Waals surface area contributed by atoms with Crippen molar-refractivity contribution in [3.8, 4) is 33.9 Å². The maximum atomic E-state index is 13.8. The lowest BCUT2D eigenvalue weighted by molar-refractivity contribution is -0.605. The normalized spacial score (nSPS) is 11.1. The minimum absolute atomic E-state index is 0.230. The molecule has 3 aromatic carbocycles. The molecule has 0 aliphatic rings. The molecule has 0 saturated heterocycles. The van der Waals surface area contributed by atoms with E-state index in [0.29, 0.717) is 27.6 Å². The van der Waals surface area contributed by atoms with Crippen LogP contribution in [0.3, 0.4) is 0 Å². The topological polar surface area (TPSA) is 79.7 Å². The van der Waals surface area contributed by atoms with Crippen molar-refractivity contribution in [2.24, 2.45) is 0 Å². The minimum atomic E-state index is -0.230. The summed E-state index contributed by atoms with van der Waals surface area (Å²) in [7, 11) is 0. The van der Waals surface area contributed by atoms with Gasteiger partial charge >= 0.3 is 0 Å². The van der Waals surface area contributed by atoms with Gasteiger partial charge in [-0.25, -0.2) is 9.67 Å². The van der Waals surface area contributed by atoms with E-state index < -0.39 is 0 Å². The highest BCUT2D eigenvalue weighted by Gasteiger charge is 2.18. The third kappa shape index (κ3) is 3.81. The third-order valence-electron chi connectivity index (χ3n) is 5.96. The van der Waals surface area contributed by atoms with E-state index in [9.17, 15) is 10.0 Å². The van der Waals surface area contributed by atoms with Crippen molar-refractivity contribution in [3.05, 3.63) is 130 Å². The van der Waals surface area contributed by atoms with Crippen molar-refractivity contribution in [2.45, 2.75) is 0 Å². The molecule has 0 N–H and O–H groups in total. The number of hydrogen-bond donors (Lipinski definition) is 0. The van der Waals surface area contributed by atoms with Gasteiger partial charge in [-0.2, -0.15) is 9.83 Å². The smallest absolute Gasteiger partial charge is 0.269 e. The number of fused-ring (bicyclic) bond motifs is 1. The molecule has 0 radical (unpaired) electrons. The number of benzene rings is 3. The fraction of sp³-hybridized carbons (Fsp3) is 0. The Morgan fingerprint density at radius 3 is 2.08 bits per heavy atom. The number of hydrogen-bond acceptors (Lipinski definition) is 4. The molecule has 6 aromatic rings. The molecule has 174 valence electrons. The highest BCUT2D eigenvalue weighted by atomic mass is 35.5. The fourth-order valence-corrected chi connectivity index (χ4v) is 4.29. The van der Waals surface area contributed by atoms with E-state index in [4.69, 9.17) is 16.6 Å². The molecule has 0 bridgehead atoms. The molecule has 6 rings (SSSR count). The van der Waals surface area contributed by atoms with Crippen LogP contribution in [0.2, 0.25) is 5.02 Å². The van der Waals surface area contributed by atoms with E-state index in [0.717, 1.165) is 27.1 Å². The Morgan fingerprint density at radius 1 is 0.750 bits per heavy atom. The van der Waals surface area contributed by atoms with Crippen molar-refractivity contribution in [1.29, 1.82) is 0 Å². The molecule has 0 fully saturated rings. The van der Waals surface area contributed by atoms with E-state index in [1.54, 1.807) is 51.8 Å². The molecule has 7 nitrogen and oxygen atoms in total. The maximum Gasteiger partial charge on any atom is 0.269 e. The Bertz CT molecular complexity index is 1740. The monoisotopic (exact) mass is 491 g/mol. The molecule has 0 aliphatic heterocycles. The highest BCUT2D eigenvalue weighted by molar-refractivity contribution is 6.30. The number of pyridine rings is 1. The van der Waals surface area contributed by atoms with Crippen LogP contribution in [0, 0.1) is 5.21 Å². The van der Waals surface area contributed by atoms with Gasteiger partial charge in [0.1, 0.15) is 11.2 Å². The summed E-state index contributed by atoms with van der Waals surface area (Å²) in [5.74, 6) is 0.476. The first-order valence-corrected chi connectivity index (χ1v) is 11.6. The summed E-state index contributed by atoms with van der Waals surface area (Å²) >= 11 is 6.11. The van der Waals surface area contributed by atoms with Gasteiger partial charge in [0.05, 0.1) is 17.6 Å². The van der Waals surface area contributed by atoms with Gasteiger partial charge in [-0.15, -0.1) is 0 Å². The number of para-hydroxylation sites is 1. The second-order valence-corrected chi connectivity index (χ2v) is 8.64. The second kappa shape index (κ2) is 8.79. The lowest BCUT2D eigenvalue weighted by atomic mass is 10.0. The summed E-state index contributed by atoms with van der Waals surface area (Å²) in [5, 5.41) is 16.8. The maximum absolute atomic E-state index is 13.8. The van der Waals surface area contributed by atoms with Gasteiger partial charge in [0.25, 0.3) is 5.56 Å². The average Bonchev–Trinajstić information content (AvgIpc) is 3.35. The molecule has 0 spiro atoms. The molecule has 0 saturated carbocycles. The van der Waals surface area contributed by atoms with Crippen molar-refractivity contribution < 1.29 is 4.73 Å². The van der Waals surface area contributed by atoms with E-state index in [-0.39, 0.29) is 5.56 Å². The summed E-state index contributed by atoms with van der Waals surface area (Å²) in [6.07, 6.45) is 4.47. The summed E-state index contributed by atoms with van der Waals surface area (Å²) in [6.45, 7) is 0. The lowest BCUT2D eigenvalue weighted by Crippen LogP contribution is -2.23. The van der Waals surface area contributed by atoms with Gasteiger partial charge in [-0.05, 0) is 47.5 Å². The van der Waals surface area contributed by atoms with Gasteiger partial charge in [-0.1, -0.05) is 54.1 Å². The van der Waals surface area contributed by atoms with E-state index in [2.05, 4.69) is 5.10 Å². The van der Waals surface area contributed by atoms with Crippen LogP contribution in [0.4, 0.5) is 0 Å². The highest BCUT2D eigenvalue weighted by Crippen LogP contribution is 2.27. The molecule has 3 aromatic heterocycles. The van der Waals surface area contributed by atoms with Crippen molar-refractivity contribution in [2.75, 3.05) is 0 Å². The molecule has 0 aliphatic carbocycles. The Labute approximate surface area is 210 Å². The first kappa shape index (κ1) is 21.8. The standard InChI is InChI=1S/C28H18ClN5O2/c29-22-10-12-23(13-11-22)33-26(21-8-6-19(7-9-21)20-14-16-32(36)17-15-20)31-27-25(28(33)35)18-30-34(27)24-4-2-1-3-5-24/h1-18H. The van der Waals surface area contributed by atoms with Gasteiger partial charge in [0.15, 0.2) is 18.0 Å². The SMILES string of the molecule is O=c1c2cnn(-c3ccccc3)c2nc(-c2ccc(-c3cc[n+]([O-])cc3)cc2)n1-c1ccc(Cl)cc1. The predicted octanol–water partition coefficient (Wildman–Crippen LogP) is 5.19. The van der Waals surface area contributed by atoms with E-state index >= 15 is 0 Å². The van der Waals surface area contributed by atoms with Crippen LogP contribution in [0.25, 0.3) is 44.9 Å². The van der Waals surface area contributed by atoms with Crippen LogP contribution in [0.5, 0.6) is 0 Å². The Kier molecular flexibility index (Phi) is 5.32. The minimum Gasteiger partial charge on any atom is -0.619 e. The molecule has 3 heterocycles. The number of rotatable bonds is 4. The molecule has 8 heteroatoms. The molecular weight excluding hydrogens is 474 g/mol. The first-order chi connectivity index (χ1) is 17.6.